The molecule has 150 valence electrons. The van der Waals surface area contributed by atoms with Crippen LogP contribution in [-0.4, -0.2) is 41.7 Å². The highest BCUT2D eigenvalue weighted by molar-refractivity contribution is 6.35. The summed E-state index contributed by atoms with van der Waals surface area (Å²) >= 11 is 12.3. The molecule has 28 heavy (non-hydrogen) atoms. The lowest BCUT2D eigenvalue weighted by Crippen LogP contribution is -2.44. The Labute approximate surface area is 174 Å². The average Bonchev–Trinajstić information content (AvgIpc) is 2.68. The molecule has 1 N–H and O–H groups in total. The number of carbonyl (C=O) groups is 1. The number of hydrogen-bond donors (Lipinski definition) is 1. The van der Waals surface area contributed by atoms with E-state index in [0.29, 0.717) is 28.9 Å². The maximum atomic E-state index is 11.0. The molecule has 3 rings (SSSR count). The van der Waals surface area contributed by atoms with E-state index in [1.165, 1.54) is 0 Å². The molecule has 0 aromatic heterocycles. The minimum Gasteiger partial charge on any atom is -0.489 e. The van der Waals surface area contributed by atoms with Gasteiger partial charge in [0.05, 0.1) is 19.1 Å². The number of aliphatic carboxylic acids is 1. The van der Waals surface area contributed by atoms with Crippen molar-refractivity contribution >= 4 is 29.2 Å². The number of ether oxygens (including phenoxy) is 2. The summed E-state index contributed by atoms with van der Waals surface area (Å²) in [5.74, 6) is -0.0673. The number of hydrogen-bond acceptors (Lipinski definition) is 4. The zero-order valence-electron chi connectivity index (χ0n) is 15.6. The first kappa shape index (κ1) is 20.9. The SMILES string of the molecule is CC(CC(=O)O)N1CCOC(c2ccc(OCc3c(Cl)cccc3Cl)cc2)C1. The Morgan fingerprint density at radius 1 is 1.25 bits per heavy atom. The summed E-state index contributed by atoms with van der Waals surface area (Å²) in [7, 11) is 0. The van der Waals surface area contributed by atoms with Crippen LogP contribution in [0.1, 0.15) is 30.6 Å². The normalized spacial score (nSPS) is 18.6. The minimum atomic E-state index is -0.782. The molecular weight excluding hydrogens is 401 g/mol. The molecule has 7 heteroatoms. The summed E-state index contributed by atoms with van der Waals surface area (Å²) in [4.78, 5) is 13.1. The molecule has 0 spiro atoms. The third-order valence-electron chi connectivity index (χ3n) is 4.89. The van der Waals surface area contributed by atoms with Crippen molar-refractivity contribution in [1.82, 2.24) is 4.90 Å². The van der Waals surface area contributed by atoms with Gasteiger partial charge in [-0.2, -0.15) is 0 Å². The third-order valence-corrected chi connectivity index (χ3v) is 5.60. The van der Waals surface area contributed by atoms with Gasteiger partial charge in [0.25, 0.3) is 0 Å². The molecule has 2 unspecified atom stereocenters. The van der Waals surface area contributed by atoms with Gasteiger partial charge in [-0.05, 0) is 36.8 Å². The van der Waals surface area contributed by atoms with Gasteiger partial charge in [-0.15, -0.1) is 0 Å². The van der Waals surface area contributed by atoms with Crippen molar-refractivity contribution in [2.75, 3.05) is 19.7 Å². The average molecular weight is 424 g/mol. The molecule has 5 nitrogen and oxygen atoms in total. The Morgan fingerprint density at radius 2 is 1.93 bits per heavy atom. The van der Waals surface area contributed by atoms with E-state index in [-0.39, 0.29) is 25.2 Å². The van der Waals surface area contributed by atoms with E-state index in [1.54, 1.807) is 18.2 Å². The summed E-state index contributed by atoms with van der Waals surface area (Å²) in [6, 6.07) is 13.1. The van der Waals surface area contributed by atoms with E-state index in [0.717, 1.165) is 17.7 Å². The van der Waals surface area contributed by atoms with Gasteiger partial charge in [0.1, 0.15) is 12.4 Å². The fourth-order valence-electron chi connectivity index (χ4n) is 3.26. The first-order valence-electron chi connectivity index (χ1n) is 9.17. The molecule has 0 bridgehead atoms. The zero-order chi connectivity index (χ0) is 20.1. The second-order valence-corrected chi connectivity index (χ2v) is 7.67. The van der Waals surface area contributed by atoms with E-state index >= 15 is 0 Å². The van der Waals surface area contributed by atoms with Gasteiger partial charge < -0.3 is 14.6 Å². The Balaban J connectivity index is 1.60. The second kappa shape index (κ2) is 9.61. The molecule has 2 aromatic rings. The van der Waals surface area contributed by atoms with E-state index in [2.05, 4.69) is 4.90 Å². The van der Waals surface area contributed by atoms with Gasteiger partial charge in [-0.3, -0.25) is 9.69 Å². The van der Waals surface area contributed by atoms with Crippen LogP contribution in [0, 0.1) is 0 Å². The van der Waals surface area contributed by atoms with Gasteiger partial charge >= 0.3 is 5.97 Å². The lowest BCUT2D eigenvalue weighted by Gasteiger charge is -2.36. The minimum absolute atomic E-state index is 0.0214. The zero-order valence-corrected chi connectivity index (χ0v) is 17.1. The van der Waals surface area contributed by atoms with Crippen molar-refractivity contribution in [3.63, 3.8) is 0 Å². The molecule has 1 saturated heterocycles. The number of benzene rings is 2. The van der Waals surface area contributed by atoms with Crippen molar-refractivity contribution in [2.24, 2.45) is 0 Å². The number of halogens is 2. The van der Waals surface area contributed by atoms with Crippen molar-refractivity contribution in [3.8, 4) is 5.75 Å². The van der Waals surface area contributed by atoms with Crippen LogP contribution in [0.15, 0.2) is 42.5 Å². The number of nitrogens with zero attached hydrogens (tertiary/aromatic N) is 1. The first-order chi connectivity index (χ1) is 13.4. The molecule has 1 heterocycles. The Hall–Kier alpha value is -1.79. The third kappa shape index (κ3) is 5.39. The molecule has 0 saturated carbocycles. The summed E-state index contributed by atoms with van der Waals surface area (Å²) in [6.45, 7) is 4.22. The van der Waals surface area contributed by atoms with Crippen molar-refractivity contribution < 1.29 is 19.4 Å². The van der Waals surface area contributed by atoms with Gasteiger partial charge in [0, 0.05) is 34.7 Å². The lowest BCUT2D eigenvalue weighted by atomic mass is 10.1. The van der Waals surface area contributed by atoms with E-state index in [9.17, 15) is 4.79 Å². The predicted molar refractivity (Wildman–Crippen MR) is 109 cm³/mol. The Bertz CT molecular complexity index is 792. The van der Waals surface area contributed by atoms with Crippen LogP contribution in [-0.2, 0) is 16.1 Å². The largest absolute Gasteiger partial charge is 0.489 e. The highest BCUT2D eigenvalue weighted by Gasteiger charge is 2.26. The van der Waals surface area contributed by atoms with Crippen LogP contribution in [0.3, 0.4) is 0 Å². The summed E-state index contributed by atoms with van der Waals surface area (Å²) in [5, 5.41) is 10.2. The molecule has 1 fully saturated rings. The summed E-state index contributed by atoms with van der Waals surface area (Å²) in [6.07, 6.45) is 0.0430. The standard InChI is InChI=1S/C21H23Cl2NO4/c1-14(11-21(25)26)24-9-10-27-20(12-24)15-5-7-16(8-6-15)28-13-17-18(22)3-2-4-19(17)23/h2-8,14,20H,9-13H2,1H3,(H,25,26). The Kier molecular flexibility index (Phi) is 7.18. The van der Waals surface area contributed by atoms with Crippen LogP contribution in [0.2, 0.25) is 10.0 Å². The van der Waals surface area contributed by atoms with Crippen LogP contribution >= 0.6 is 23.2 Å². The maximum Gasteiger partial charge on any atom is 0.304 e. The number of carboxylic acid groups (broad SMARTS) is 1. The van der Waals surface area contributed by atoms with Crippen LogP contribution in [0.5, 0.6) is 5.75 Å². The lowest BCUT2D eigenvalue weighted by molar-refractivity contribution is -0.139. The Morgan fingerprint density at radius 3 is 2.57 bits per heavy atom. The molecule has 1 aliphatic rings. The van der Waals surface area contributed by atoms with Crippen molar-refractivity contribution in [1.29, 1.82) is 0 Å². The first-order valence-corrected chi connectivity index (χ1v) is 9.92. The van der Waals surface area contributed by atoms with Gasteiger partial charge in [0.15, 0.2) is 0 Å². The van der Waals surface area contributed by atoms with Gasteiger partial charge in [-0.25, -0.2) is 0 Å². The van der Waals surface area contributed by atoms with Gasteiger partial charge in [-0.1, -0.05) is 41.4 Å². The predicted octanol–water partition coefficient (Wildman–Crippen LogP) is 4.81. The number of morpholine rings is 1. The van der Waals surface area contributed by atoms with Crippen molar-refractivity contribution in [3.05, 3.63) is 63.6 Å². The molecule has 0 radical (unpaired) electrons. The topological polar surface area (TPSA) is 59.0 Å². The van der Waals surface area contributed by atoms with Crippen molar-refractivity contribution in [2.45, 2.75) is 32.1 Å². The van der Waals surface area contributed by atoms with E-state index in [1.807, 2.05) is 31.2 Å². The maximum absolute atomic E-state index is 11.0. The van der Waals surface area contributed by atoms with Crippen LogP contribution in [0.25, 0.3) is 0 Å². The van der Waals surface area contributed by atoms with Crippen LogP contribution < -0.4 is 4.74 Å². The van der Waals surface area contributed by atoms with Gasteiger partial charge in [0.2, 0.25) is 0 Å². The molecular formula is C21H23Cl2NO4. The fraction of sp³-hybridized carbons (Fsp3) is 0.381. The smallest absolute Gasteiger partial charge is 0.304 e. The van der Waals surface area contributed by atoms with E-state index in [4.69, 9.17) is 37.8 Å². The monoisotopic (exact) mass is 423 g/mol. The molecule has 0 aliphatic carbocycles. The molecule has 2 atom stereocenters. The van der Waals surface area contributed by atoms with Crippen LogP contribution in [0.4, 0.5) is 0 Å². The molecule has 0 amide bonds. The van der Waals surface area contributed by atoms with E-state index < -0.39 is 5.97 Å². The molecule has 2 aromatic carbocycles. The molecule has 1 aliphatic heterocycles. The summed E-state index contributed by atoms with van der Waals surface area (Å²) < 4.78 is 11.7. The number of rotatable bonds is 7. The quantitative estimate of drug-likeness (QED) is 0.692. The second-order valence-electron chi connectivity index (χ2n) is 6.86. The highest BCUT2D eigenvalue weighted by Crippen LogP contribution is 2.28. The fourth-order valence-corrected chi connectivity index (χ4v) is 3.76. The summed E-state index contributed by atoms with van der Waals surface area (Å²) in [5.41, 5.74) is 1.80. The highest BCUT2D eigenvalue weighted by atomic mass is 35.5. The number of carboxylic acids is 1.